The van der Waals surface area contributed by atoms with E-state index in [9.17, 15) is 8.42 Å². The Kier molecular flexibility index (Phi) is 4.59. The van der Waals surface area contributed by atoms with Crippen molar-refractivity contribution in [2.45, 2.75) is 4.21 Å². The van der Waals surface area contributed by atoms with Gasteiger partial charge in [-0.2, -0.15) is 0 Å². The lowest BCUT2D eigenvalue weighted by molar-refractivity contribution is 0.325. The van der Waals surface area contributed by atoms with Crippen molar-refractivity contribution in [3.05, 3.63) is 29.6 Å². The van der Waals surface area contributed by atoms with Crippen LogP contribution in [0.15, 0.2) is 33.9 Å². The molecule has 1 N–H and O–H groups in total. The molecule has 0 aliphatic rings. The molecular formula is C13H15NO5S2. The van der Waals surface area contributed by atoms with Crippen molar-refractivity contribution in [2.24, 2.45) is 0 Å². The average molecular weight is 329 g/mol. The molecule has 0 radical (unpaired) electrons. The Hall–Kier alpha value is -1.93. The van der Waals surface area contributed by atoms with Crippen LogP contribution in [-0.4, -0.2) is 29.7 Å². The Morgan fingerprint density at radius 2 is 1.67 bits per heavy atom. The molecule has 0 unspecified atom stereocenters. The molecule has 21 heavy (non-hydrogen) atoms. The van der Waals surface area contributed by atoms with Crippen LogP contribution in [0.4, 0.5) is 5.69 Å². The van der Waals surface area contributed by atoms with Gasteiger partial charge in [0.15, 0.2) is 11.5 Å². The van der Waals surface area contributed by atoms with Crippen molar-refractivity contribution in [1.82, 2.24) is 0 Å². The maximum atomic E-state index is 12.2. The molecule has 0 saturated carbocycles. The van der Waals surface area contributed by atoms with E-state index < -0.39 is 10.0 Å². The number of nitrogens with one attached hydrogen (secondary N) is 1. The van der Waals surface area contributed by atoms with Crippen LogP contribution < -0.4 is 18.9 Å². The number of rotatable bonds is 6. The molecule has 0 bridgehead atoms. The Labute approximate surface area is 127 Å². The zero-order valence-corrected chi connectivity index (χ0v) is 13.4. The summed E-state index contributed by atoms with van der Waals surface area (Å²) < 4.78 is 42.7. The van der Waals surface area contributed by atoms with E-state index in [2.05, 4.69) is 4.72 Å². The predicted octanol–water partition coefficient (Wildman–Crippen LogP) is 2.57. The third-order valence-electron chi connectivity index (χ3n) is 2.68. The summed E-state index contributed by atoms with van der Waals surface area (Å²) in [5.74, 6) is 1.15. The third-order valence-corrected chi connectivity index (χ3v) is 5.46. The number of thiophene rings is 1. The zero-order chi connectivity index (χ0) is 15.5. The van der Waals surface area contributed by atoms with Crippen LogP contribution in [-0.2, 0) is 10.0 Å². The first-order valence-electron chi connectivity index (χ1n) is 5.88. The molecule has 0 spiro atoms. The Morgan fingerprint density at radius 3 is 2.10 bits per heavy atom. The first-order valence-corrected chi connectivity index (χ1v) is 8.24. The summed E-state index contributed by atoms with van der Waals surface area (Å²) in [7, 11) is 0.793. The topological polar surface area (TPSA) is 73.9 Å². The lowest BCUT2D eigenvalue weighted by Crippen LogP contribution is -2.11. The summed E-state index contributed by atoms with van der Waals surface area (Å²) in [6.45, 7) is 0. The summed E-state index contributed by atoms with van der Waals surface area (Å²) in [5, 5.41) is 1.70. The van der Waals surface area contributed by atoms with Crippen LogP contribution in [0.1, 0.15) is 0 Å². The van der Waals surface area contributed by atoms with Crippen molar-refractivity contribution < 1.29 is 22.6 Å². The summed E-state index contributed by atoms with van der Waals surface area (Å²) in [4.78, 5) is 0. The van der Waals surface area contributed by atoms with E-state index >= 15 is 0 Å². The third kappa shape index (κ3) is 3.22. The highest BCUT2D eigenvalue weighted by molar-refractivity contribution is 7.94. The van der Waals surface area contributed by atoms with Crippen LogP contribution in [0.25, 0.3) is 0 Å². The standard InChI is InChI=1S/C13H15NO5S2/c1-17-10-7-9(8-11(18-2)13(10)19-3)14-21(15,16)12-5-4-6-20-12/h4-8,14H,1-3H3. The minimum atomic E-state index is -3.62. The number of benzene rings is 1. The lowest BCUT2D eigenvalue weighted by Gasteiger charge is -2.14. The van der Waals surface area contributed by atoms with E-state index in [4.69, 9.17) is 14.2 Å². The zero-order valence-electron chi connectivity index (χ0n) is 11.7. The van der Waals surface area contributed by atoms with Gasteiger partial charge in [-0.15, -0.1) is 11.3 Å². The van der Waals surface area contributed by atoms with Gasteiger partial charge in [-0.1, -0.05) is 6.07 Å². The van der Waals surface area contributed by atoms with Gasteiger partial charge in [0.2, 0.25) is 5.75 Å². The second-order valence-corrected chi connectivity index (χ2v) is 6.81. The molecule has 0 amide bonds. The average Bonchev–Trinajstić information content (AvgIpc) is 3.00. The number of methoxy groups -OCH3 is 3. The highest BCUT2D eigenvalue weighted by Gasteiger charge is 2.19. The number of ether oxygens (including phenoxy) is 3. The van der Waals surface area contributed by atoms with Crippen molar-refractivity contribution >= 4 is 27.0 Å². The van der Waals surface area contributed by atoms with Gasteiger partial charge in [-0.3, -0.25) is 4.72 Å². The highest BCUT2D eigenvalue weighted by Crippen LogP contribution is 2.40. The van der Waals surface area contributed by atoms with Gasteiger partial charge in [-0.05, 0) is 11.4 Å². The van der Waals surface area contributed by atoms with Crippen molar-refractivity contribution in [2.75, 3.05) is 26.1 Å². The van der Waals surface area contributed by atoms with E-state index in [0.29, 0.717) is 22.9 Å². The molecule has 8 heteroatoms. The lowest BCUT2D eigenvalue weighted by atomic mass is 10.2. The maximum Gasteiger partial charge on any atom is 0.271 e. The number of sulfonamides is 1. The minimum absolute atomic E-state index is 0.233. The second-order valence-electron chi connectivity index (χ2n) is 3.95. The molecule has 0 atom stereocenters. The molecule has 1 heterocycles. The van der Waals surface area contributed by atoms with Crippen LogP contribution in [0, 0.1) is 0 Å². The molecule has 6 nitrogen and oxygen atoms in total. The first-order chi connectivity index (χ1) is 10.0. The molecule has 1 aromatic heterocycles. The quantitative estimate of drug-likeness (QED) is 0.882. The van der Waals surface area contributed by atoms with E-state index in [1.54, 1.807) is 11.4 Å². The fourth-order valence-corrected chi connectivity index (χ4v) is 3.80. The van der Waals surface area contributed by atoms with Crippen LogP contribution >= 0.6 is 11.3 Å². The normalized spacial score (nSPS) is 11.0. The van der Waals surface area contributed by atoms with Gasteiger partial charge in [-0.25, -0.2) is 8.42 Å². The van der Waals surface area contributed by atoms with Gasteiger partial charge in [0, 0.05) is 12.1 Å². The monoisotopic (exact) mass is 329 g/mol. The van der Waals surface area contributed by atoms with Crippen LogP contribution in [0.2, 0.25) is 0 Å². The van der Waals surface area contributed by atoms with Gasteiger partial charge in [0.25, 0.3) is 10.0 Å². The van der Waals surface area contributed by atoms with Gasteiger partial charge >= 0.3 is 0 Å². The minimum Gasteiger partial charge on any atom is -0.493 e. The summed E-state index contributed by atoms with van der Waals surface area (Å²) in [5.41, 5.74) is 0.331. The van der Waals surface area contributed by atoms with E-state index in [1.165, 1.54) is 39.5 Å². The molecule has 0 aliphatic carbocycles. The van der Waals surface area contributed by atoms with Gasteiger partial charge in [0.05, 0.1) is 27.0 Å². The van der Waals surface area contributed by atoms with Gasteiger partial charge in [0.1, 0.15) is 4.21 Å². The number of hydrogen-bond acceptors (Lipinski definition) is 6. The summed E-state index contributed by atoms with van der Waals surface area (Å²) >= 11 is 1.14. The summed E-state index contributed by atoms with van der Waals surface area (Å²) in [6, 6.07) is 6.28. The molecule has 1 aromatic carbocycles. The number of anilines is 1. The smallest absolute Gasteiger partial charge is 0.271 e. The van der Waals surface area contributed by atoms with Crippen LogP contribution in [0.5, 0.6) is 17.2 Å². The Bertz CT molecular complexity index is 685. The van der Waals surface area contributed by atoms with Crippen LogP contribution in [0.3, 0.4) is 0 Å². The largest absolute Gasteiger partial charge is 0.493 e. The molecule has 0 aliphatic heterocycles. The number of hydrogen-bond donors (Lipinski definition) is 1. The molecule has 0 fully saturated rings. The van der Waals surface area contributed by atoms with Crippen molar-refractivity contribution in [1.29, 1.82) is 0 Å². The molecule has 2 rings (SSSR count). The van der Waals surface area contributed by atoms with Gasteiger partial charge < -0.3 is 14.2 Å². The fraction of sp³-hybridized carbons (Fsp3) is 0.231. The van der Waals surface area contributed by atoms with E-state index in [1.807, 2.05) is 0 Å². The second kappa shape index (κ2) is 6.23. The van der Waals surface area contributed by atoms with Crippen molar-refractivity contribution in [3.63, 3.8) is 0 Å². The first kappa shape index (κ1) is 15.5. The molecular weight excluding hydrogens is 314 g/mol. The molecule has 2 aromatic rings. The maximum absolute atomic E-state index is 12.2. The van der Waals surface area contributed by atoms with E-state index in [-0.39, 0.29) is 4.21 Å². The molecule has 0 saturated heterocycles. The highest BCUT2D eigenvalue weighted by atomic mass is 32.2. The Balaban J connectivity index is 2.41. The van der Waals surface area contributed by atoms with Crippen molar-refractivity contribution in [3.8, 4) is 17.2 Å². The fourth-order valence-electron chi connectivity index (χ4n) is 1.76. The van der Waals surface area contributed by atoms with E-state index in [0.717, 1.165) is 11.3 Å². The SMILES string of the molecule is COc1cc(NS(=O)(=O)c2cccs2)cc(OC)c1OC. The summed E-state index contributed by atoms with van der Waals surface area (Å²) in [6.07, 6.45) is 0. The Morgan fingerprint density at radius 1 is 1.05 bits per heavy atom. The molecule has 114 valence electrons. The predicted molar refractivity (Wildman–Crippen MR) is 81.2 cm³/mol.